The van der Waals surface area contributed by atoms with Crippen molar-refractivity contribution in [3.05, 3.63) is 71.5 Å². The van der Waals surface area contributed by atoms with Gasteiger partial charge >= 0.3 is 0 Å². The predicted octanol–water partition coefficient (Wildman–Crippen LogP) is 4.48. The second-order valence-electron chi connectivity index (χ2n) is 5.90. The number of aryl methyl sites for hydroxylation is 1. The highest BCUT2D eigenvalue weighted by atomic mass is 32.2. The highest BCUT2D eigenvalue weighted by molar-refractivity contribution is 8.00. The van der Waals surface area contributed by atoms with E-state index in [4.69, 9.17) is 0 Å². The first-order chi connectivity index (χ1) is 12.0. The molecule has 0 fully saturated rings. The summed E-state index contributed by atoms with van der Waals surface area (Å²) in [5.74, 6) is -0.348. The van der Waals surface area contributed by atoms with Crippen LogP contribution in [-0.2, 0) is 11.3 Å². The molecular weight excluding hydrogens is 335 g/mol. The monoisotopic (exact) mass is 354 g/mol. The summed E-state index contributed by atoms with van der Waals surface area (Å²) in [7, 11) is 0. The standard InChI is InChI=1S/C20H19FN2OS/c1-13-11-19(23-18-6-4-3-5-17(13)18)25-14(2)20(24)22-12-15-7-9-16(21)10-8-15/h3-11,14H,12H2,1-2H3,(H,22,24). The van der Waals surface area contributed by atoms with Crippen LogP contribution in [0.4, 0.5) is 4.39 Å². The number of carbonyl (C=O) groups is 1. The largest absolute Gasteiger partial charge is 0.351 e. The molecule has 0 saturated heterocycles. The molecule has 0 saturated carbocycles. The fourth-order valence-corrected chi connectivity index (χ4v) is 3.50. The van der Waals surface area contributed by atoms with Gasteiger partial charge in [0.1, 0.15) is 5.82 Å². The zero-order valence-electron chi connectivity index (χ0n) is 14.1. The van der Waals surface area contributed by atoms with Crippen LogP contribution in [0, 0.1) is 12.7 Å². The molecule has 128 valence electrons. The van der Waals surface area contributed by atoms with E-state index in [-0.39, 0.29) is 17.0 Å². The maximum Gasteiger partial charge on any atom is 0.233 e. The van der Waals surface area contributed by atoms with E-state index in [2.05, 4.69) is 10.3 Å². The van der Waals surface area contributed by atoms with Crippen LogP contribution in [0.2, 0.25) is 0 Å². The summed E-state index contributed by atoms with van der Waals surface area (Å²) in [5, 5.41) is 4.57. The summed E-state index contributed by atoms with van der Waals surface area (Å²) >= 11 is 1.44. The lowest BCUT2D eigenvalue weighted by atomic mass is 10.1. The fourth-order valence-electron chi connectivity index (χ4n) is 2.55. The maximum atomic E-state index is 12.9. The topological polar surface area (TPSA) is 42.0 Å². The Kier molecular flexibility index (Phi) is 5.34. The minimum absolute atomic E-state index is 0.0677. The van der Waals surface area contributed by atoms with Crippen molar-refractivity contribution in [2.24, 2.45) is 0 Å². The molecule has 0 aliphatic rings. The van der Waals surface area contributed by atoms with Gasteiger partial charge < -0.3 is 5.32 Å². The van der Waals surface area contributed by atoms with Crippen LogP contribution < -0.4 is 5.32 Å². The first-order valence-electron chi connectivity index (χ1n) is 8.08. The van der Waals surface area contributed by atoms with Crippen molar-refractivity contribution in [1.82, 2.24) is 10.3 Å². The van der Waals surface area contributed by atoms with Gasteiger partial charge in [-0.05, 0) is 49.2 Å². The van der Waals surface area contributed by atoms with Gasteiger partial charge in [0.25, 0.3) is 0 Å². The number of nitrogens with one attached hydrogen (secondary N) is 1. The summed E-state index contributed by atoms with van der Waals surface area (Å²) in [5.41, 5.74) is 2.95. The molecule has 1 unspecified atom stereocenters. The zero-order chi connectivity index (χ0) is 17.8. The number of thioether (sulfide) groups is 1. The molecule has 1 aromatic heterocycles. The van der Waals surface area contributed by atoms with Crippen LogP contribution in [0.3, 0.4) is 0 Å². The average molecular weight is 354 g/mol. The number of carbonyl (C=O) groups excluding carboxylic acids is 1. The number of pyridine rings is 1. The minimum Gasteiger partial charge on any atom is -0.351 e. The van der Waals surface area contributed by atoms with Gasteiger partial charge in [-0.15, -0.1) is 0 Å². The highest BCUT2D eigenvalue weighted by Crippen LogP contribution is 2.26. The van der Waals surface area contributed by atoms with E-state index in [0.29, 0.717) is 6.54 Å². The Labute approximate surface area is 150 Å². The molecule has 2 aromatic carbocycles. The van der Waals surface area contributed by atoms with Crippen LogP contribution in [0.5, 0.6) is 0 Å². The molecule has 0 bridgehead atoms. The van der Waals surface area contributed by atoms with Gasteiger partial charge in [0.2, 0.25) is 5.91 Å². The van der Waals surface area contributed by atoms with Gasteiger partial charge in [-0.3, -0.25) is 4.79 Å². The Hall–Kier alpha value is -2.40. The number of halogens is 1. The molecule has 3 rings (SSSR count). The van der Waals surface area contributed by atoms with E-state index in [1.807, 2.05) is 44.2 Å². The van der Waals surface area contributed by atoms with Crippen LogP contribution in [0.1, 0.15) is 18.1 Å². The van der Waals surface area contributed by atoms with Crippen LogP contribution in [0.15, 0.2) is 59.6 Å². The molecule has 3 aromatic rings. The molecule has 1 amide bonds. The first kappa shape index (κ1) is 17.4. The van der Waals surface area contributed by atoms with E-state index >= 15 is 0 Å². The Bertz CT molecular complexity index is 896. The molecule has 5 heteroatoms. The van der Waals surface area contributed by atoms with Crippen molar-refractivity contribution >= 4 is 28.6 Å². The molecule has 1 heterocycles. The molecule has 25 heavy (non-hydrogen) atoms. The van der Waals surface area contributed by atoms with E-state index < -0.39 is 0 Å². The van der Waals surface area contributed by atoms with Crippen molar-refractivity contribution in [3.63, 3.8) is 0 Å². The SMILES string of the molecule is Cc1cc(SC(C)C(=O)NCc2ccc(F)cc2)nc2ccccc12. The lowest BCUT2D eigenvalue weighted by molar-refractivity contribution is -0.120. The van der Waals surface area contributed by atoms with Crippen molar-refractivity contribution in [1.29, 1.82) is 0 Å². The third-order valence-corrected chi connectivity index (χ3v) is 4.96. The summed E-state index contributed by atoms with van der Waals surface area (Å²) in [6, 6.07) is 16.1. The number of fused-ring (bicyclic) bond motifs is 1. The van der Waals surface area contributed by atoms with E-state index in [9.17, 15) is 9.18 Å². The number of para-hydroxylation sites is 1. The number of benzene rings is 2. The summed E-state index contributed by atoms with van der Waals surface area (Å²) in [6.07, 6.45) is 0. The van der Waals surface area contributed by atoms with Crippen LogP contribution in [0.25, 0.3) is 10.9 Å². The van der Waals surface area contributed by atoms with Crippen LogP contribution >= 0.6 is 11.8 Å². The molecule has 3 nitrogen and oxygen atoms in total. The first-order valence-corrected chi connectivity index (χ1v) is 8.96. The fraction of sp³-hybridized carbons (Fsp3) is 0.200. The number of hydrogen-bond donors (Lipinski definition) is 1. The third-order valence-electron chi connectivity index (χ3n) is 3.95. The third kappa shape index (κ3) is 4.37. The van der Waals surface area contributed by atoms with E-state index in [0.717, 1.165) is 27.1 Å². The van der Waals surface area contributed by atoms with Gasteiger partial charge in [-0.2, -0.15) is 0 Å². The number of hydrogen-bond acceptors (Lipinski definition) is 3. The Balaban J connectivity index is 1.64. The predicted molar refractivity (Wildman–Crippen MR) is 100 cm³/mol. The number of amides is 1. The normalized spacial score (nSPS) is 12.1. The molecule has 0 aliphatic heterocycles. The van der Waals surface area contributed by atoms with Crippen molar-refractivity contribution in [3.8, 4) is 0 Å². The number of rotatable bonds is 5. The van der Waals surface area contributed by atoms with Gasteiger partial charge in [0, 0.05) is 11.9 Å². The number of aromatic nitrogens is 1. The van der Waals surface area contributed by atoms with Gasteiger partial charge in [-0.1, -0.05) is 42.1 Å². The summed E-state index contributed by atoms with van der Waals surface area (Å²) in [4.78, 5) is 16.9. The lowest BCUT2D eigenvalue weighted by Gasteiger charge is -2.13. The lowest BCUT2D eigenvalue weighted by Crippen LogP contribution is -2.30. The second kappa shape index (κ2) is 7.66. The Morgan fingerprint density at radius 2 is 1.92 bits per heavy atom. The second-order valence-corrected chi connectivity index (χ2v) is 7.26. The number of nitrogens with zero attached hydrogens (tertiary/aromatic N) is 1. The van der Waals surface area contributed by atoms with Gasteiger partial charge in [0.15, 0.2) is 0 Å². The van der Waals surface area contributed by atoms with Crippen molar-refractivity contribution < 1.29 is 9.18 Å². The molecule has 0 radical (unpaired) electrons. The van der Waals surface area contributed by atoms with Gasteiger partial charge in [0.05, 0.1) is 15.8 Å². The molecule has 1 N–H and O–H groups in total. The summed E-state index contributed by atoms with van der Waals surface area (Å²) < 4.78 is 12.9. The Morgan fingerprint density at radius 1 is 1.20 bits per heavy atom. The van der Waals surface area contributed by atoms with Gasteiger partial charge in [-0.25, -0.2) is 9.37 Å². The summed E-state index contributed by atoms with van der Waals surface area (Å²) in [6.45, 7) is 4.29. The zero-order valence-corrected chi connectivity index (χ0v) is 14.9. The van der Waals surface area contributed by atoms with Crippen molar-refractivity contribution in [2.75, 3.05) is 0 Å². The molecular formula is C20H19FN2OS. The quantitative estimate of drug-likeness (QED) is 0.687. The maximum absolute atomic E-state index is 12.9. The average Bonchev–Trinajstić information content (AvgIpc) is 2.61. The van der Waals surface area contributed by atoms with E-state index in [1.165, 1.54) is 23.9 Å². The van der Waals surface area contributed by atoms with E-state index in [1.54, 1.807) is 12.1 Å². The van der Waals surface area contributed by atoms with Crippen LogP contribution in [-0.4, -0.2) is 16.1 Å². The molecule has 0 spiro atoms. The minimum atomic E-state index is -0.281. The highest BCUT2D eigenvalue weighted by Gasteiger charge is 2.15. The smallest absolute Gasteiger partial charge is 0.233 e. The molecule has 1 atom stereocenters. The Morgan fingerprint density at radius 3 is 2.68 bits per heavy atom. The van der Waals surface area contributed by atoms with Crippen molar-refractivity contribution in [2.45, 2.75) is 30.7 Å². The molecule has 0 aliphatic carbocycles.